The molecule has 1 aliphatic rings. The third kappa shape index (κ3) is 5.35. The van der Waals surface area contributed by atoms with Crippen molar-refractivity contribution in [3.63, 3.8) is 0 Å². The highest BCUT2D eigenvalue weighted by molar-refractivity contribution is 7.91. The summed E-state index contributed by atoms with van der Waals surface area (Å²) in [6, 6.07) is 4.42. The van der Waals surface area contributed by atoms with E-state index in [1.807, 2.05) is 13.8 Å². The Bertz CT molecular complexity index is 793. The van der Waals surface area contributed by atoms with Crippen LogP contribution in [0.3, 0.4) is 0 Å². The third-order valence-electron chi connectivity index (χ3n) is 4.25. The number of anilines is 1. The van der Waals surface area contributed by atoms with Gasteiger partial charge in [-0.2, -0.15) is 0 Å². The van der Waals surface area contributed by atoms with Crippen molar-refractivity contribution in [2.75, 3.05) is 36.6 Å². The minimum atomic E-state index is -3.15. The van der Waals surface area contributed by atoms with Crippen molar-refractivity contribution >= 4 is 27.3 Å². The number of carbonyl (C=O) groups is 2. The predicted octanol–water partition coefficient (Wildman–Crippen LogP) is 1.46. The molecule has 150 valence electrons. The molecule has 1 aromatic rings. The fourth-order valence-electron chi connectivity index (χ4n) is 3.03. The first-order chi connectivity index (χ1) is 12.8. The summed E-state index contributed by atoms with van der Waals surface area (Å²) in [7, 11) is -3.15. The van der Waals surface area contributed by atoms with Gasteiger partial charge >= 0.3 is 11.8 Å². The van der Waals surface area contributed by atoms with Gasteiger partial charge in [0.2, 0.25) is 0 Å². The maximum atomic E-state index is 12.5. The van der Waals surface area contributed by atoms with Crippen LogP contribution in [0.25, 0.3) is 0 Å². The highest BCUT2D eigenvalue weighted by Gasteiger charge is 2.36. The van der Waals surface area contributed by atoms with Crippen LogP contribution in [0.15, 0.2) is 18.2 Å². The molecule has 0 saturated carbocycles. The van der Waals surface area contributed by atoms with Gasteiger partial charge in [0.05, 0.1) is 24.7 Å². The van der Waals surface area contributed by atoms with Crippen molar-refractivity contribution in [2.45, 2.75) is 33.2 Å². The molecule has 1 heterocycles. The smallest absolute Gasteiger partial charge is 0.313 e. The number of rotatable bonds is 7. The van der Waals surface area contributed by atoms with Crippen LogP contribution >= 0.6 is 0 Å². The number of hydrogen-bond acceptors (Lipinski definition) is 6. The number of carbonyl (C=O) groups excluding carboxylic acids is 2. The Kier molecular flexibility index (Phi) is 7.06. The third-order valence-corrected chi connectivity index (χ3v) is 6.00. The van der Waals surface area contributed by atoms with Crippen molar-refractivity contribution in [1.29, 1.82) is 0 Å². The Morgan fingerprint density at radius 1 is 1.15 bits per heavy atom. The summed E-state index contributed by atoms with van der Waals surface area (Å²) in [5.41, 5.74) is 0.398. The van der Waals surface area contributed by atoms with Crippen LogP contribution in [0.2, 0.25) is 0 Å². The molecule has 0 aliphatic carbocycles. The summed E-state index contributed by atoms with van der Waals surface area (Å²) in [6.07, 6.45) is 0.354. The van der Waals surface area contributed by atoms with Crippen LogP contribution in [0.5, 0.6) is 11.5 Å². The van der Waals surface area contributed by atoms with E-state index in [0.717, 1.165) is 0 Å². The van der Waals surface area contributed by atoms with Crippen LogP contribution in [-0.4, -0.2) is 62.4 Å². The van der Waals surface area contributed by atoms with Crippen LogP contribution in [0.1, 0.15) is 27.2 Å². The van der Waals surface area contributed by atoms with Gasteiger partial charge in [0.15, 0.2) is 21.3 Å². The van der Waals surface area contributed by atoms with Crippen molar-refractivity contribution in [3.05, 3.63) is 18.2 Å². The molecule has 1 aromatic carbocycles. The maximum absolute atomic E-state index is 12.5. The molecule has 1 aliphatic heterocycles. The van der Waals surface area contributed by atoms with Gasteiger partial charge in [0.1, 0.15) is 0 Å². The number of hydrogen-bond donors (Lipinski definition) is 1. The monoisotopic (exact) mass is 398 g/mol. The fraction of sp³-hybridized carbons (Fsp3) is 0.556. The number of nitrogens with one attached hydrogen (secondary N) is 1. The van der Waals surface area contributed by atoms with Crippen molar-refractivity contribution in [1.82, 2.24) is 4.90 Å². The van der Waals surface area contributed by atoms with Gasteiger partial charge in [0.25, 0.3) is 0 Å². The van der Waals surface area contributed by atoms with Gasteiger partial charge in [-0.05, 0) is 39.3 Å². The molecule has 1 N–H and O–H groups in total. The second-order valence-corrected chi connectivity index (χ2v) is 8.36. The molecule has 2 rings (SSSR count). The minimum absolute atomic E-state index is 0.0413. The average molecular weight is 398 g/mol. The van der Waals surface area contributed by atoms with E-state index in [1.54, 1.807) is 25.1 Å². The molecule has 1 fully saturated rings. The highest BCUT2D eigenvalue weighted by Crippen LogP contribution is 2.30. The second kappa shape index (κ2) is 9.07. The van der Waals surface area contributed by atoms with Crippen LogP contribution < -0.4 is 14.8 Å². The first-order valence-electron chi connectivity index (χ1n) is 9.03. The molecule has 0 radical (unpaired) electrons. The van der Waals surface area contributed by atoms with E-state index >= 15 is 0 Å². The molecular weight excluding hydrogens is 372 g/mol. The summed E-state index contributed by atoms with van der Waals surface area (Å²) < 4.78 is 34.3. The molecule has 0 aromatic heterocycles. The molecule has 1 unspecified atom stereocenters. The van der Waals surface area contributed by atoms with Gasteiger partial charge in [-0.15, -0.1) is 0 Å². The largest absolute Gasteiger partial charge is 0.490 e. The summed E-state index contributed by atoms with van der Waals surface area (Å²) in [4.78, 5) is 26.2. The quantitative estimate of drug-likeness (QED) is 0.698. The van der Waals surface area contributed by atoms with E-state index in [9.17, 15) is 18.0 Å². The minimum Gasteiger partial charge on any atom is -0.490 e. The highest BCUT2D eigenvalue weighted by atomic mass is 32.2. The van der Waals surface area contributed by atoms with E-state index in [1.165, 1.54) is 4.90 Å². The Hall–Kier alpha value is -2.29. The number of likely N-dealkylation sites (N-methyl/N-ethyl adjacent to an activating group) is 1. The second-order valence-electron chi connectivity index (χ2n) is 6.13. The molecule has 1 saturated heterocycles. The zero-order chi connectivity index (χ0) is 20.0. The lowest BCUT2D eigenvalue weighted by molar-refractivity contribution is -0.144. The Morgan fingerprint density at radius 2 is 1.81 bits per heavy atom. The first kappa shape index (κ1) is 21.0. The van der Waals surface area contributed by atoms with Crippen molar-refractivity contribution in [3.8, 4) is 11.5 Å². The van der Waals surface area contributed by atoms with Crippen LogP contribution in [0, 0.1) is 0 Å². The van der Waals surface area contributed by atoms with Gasteiger partial charge in [-0.3, -0.25) is 9.59 Å². The normalized spacial score (nSPS) is 18.0. The molecule has 27 heavy (non-hydrogen) atoms. The van der Waals surface area contributed by atoms with Crippen LogP contribution in [-0.2, 0) is 19.4 Å². The maximum Gasteiger partial charge on any atom is 0.313 e. The summed E-state index contributed by atoms with van der Waals surface area (Å²) in [6.45, 7) is 6.57. The lowest BCUT2D eigenvalue weighted by Crippen LogP contribution is -2.46. The predicted molar refractivity (Wildman–Crippen MR) is 102 cm³/mol. The van der Waals surface area contributed by atoms with Crippen LogP contribution in [0.4, 0.5) is 5.69 Å². The SMILES string of the molecule is CCOc1ccc(NC(=O)C(=O)N(CC)C2CCS(=O)(=O)C2)cc1OCC. The van der Waals surface area contributed by atoms with Crippen molar-refractivity contribution < 1.29 is 27.5 Å². The molecule has 8 nitrogen and oxygen atoms in total. The number of ether oxygens (including phenoxy) is 2. The van der Waals surface area contributed by atoms with Gasteiger partial charge in [-0.1, -0.05) is 0 Å². The Balaban J connectivity index is 2.11. The van der Waals surface area contributed by atoms with Crippen molar-refractivity contribution in [2.24, 2.45) is 0 Å². The summed E-state index contributed by atoms with van der Waals surface area (Å²) >= 11 is 0. The van der Waals surface area contributed by atoms with E-state index < -0.39 is 27.7 Å². The van der Waals surface area contributed by atoms with E-state index in [4.69, 9.17) is 9.47 Å². The van der Waals surface area contributed by atoms with E-state index in [0.29, 0.717) is 36.8 Å². The molecule has 0 bridgehead atoms. The number of amides is 2. The molecule has 0 spiro atoms. The van der Waals surface area contributed by atoms with Gasteiger partial charge < -0.3 is 19.7 Å². The zero-order valence-corrected chi connectivity index (χ0v) is 16.7. The fourth-order valence-corrected chi connectivity index (χ4v) is 4.76. The van der Waals surface area contributed by atoms with E-state index in [-0.39, 0.29) is 18.1 Å². The number of benzene rings is 1. The first-order valence-corrected chi connectivity index (χ1v) is 10.8. The lowest BCUT2D eigenvalue weighted by Gasteiger charge is -2.26. The lowest BCUT2D eigenvalue weighted by atomic mass is 10.2. The Labute approximate surface area is 159 Å². The summed E-state index contributed by atoms with van der Waals surface area (Å²) in [5, 5.41) is 2.55. The standard InChI is InChI=1S/C18H26N2O6S/c1-4-20(14-9-10-27(23,24)12-14)18(22)17(21)19-13-7-8-15(25-5-2)16(11-13)26-6-3/h7-8,11,14H,4-6,9-10,12H2,1-3H3,(H,19,21). The molecule has 2 amide bonds. The topological polar surface area (TPSA) is 102 Å². The molecule has 9 heteroatoms. The zero-order valence-electron chi connectivity index (χ0n) is 15.9. The number of nitrogens with zero attached hydrogens (tertiary/aromatic N) is 1. The van der Waals surface area contributed by atoms with E-state index in [2.05, 4.69) is 5.32 Å². The number of sulfone groups is 1. The molecular formula is C18H26N2O6S. The Morgan fingerprint density at radius 3 is 2.37 bits per heavy atom. The summed E-state index contributed by atoms with van der Waals surface area (Å²) in [5.74, 6) is -0.593. The van der Waals surface area contributed by atoms with Gasteiger partial charge in [-0.25, -0.2) is 8.42 Å². The van der Waals surface area contributed by atoms with Gasteiger partial charge in [0, 0.05) is 24.3 Å². The average Bonchev–Trinajstić information content (AvgIpc) is 2.97. The molecule has 1 atom stereocenters.